The molecular formula is C11H17Br. The van der Waals surface area contributed by atoms with Gasteiger partial charge in [0.2, 0.25) is 0 Å². The third-order valence-electron chi connectivity index (χ3n) is 2.36. The predicted molar refractivity (Wildman–Crippen MR) is 58.7 cm³/mol. The van der Waals surface area contributed by atoms with Gasteiger partial charge in [-0.3, -0.25) is 0 Å². The molecule has 0 saturated carbocycles. The molecule has 0 aromatic heterocycles. The van der Waals surface area contributed by atoms with Gasteiger partial charge in [-0.15, -0.1) is 0 Å². The van der Waals surface area contributed by atoms with Crippen molar-refractivity contribution in [3.8, 4) is 0 Å². The summed E-state index contributed by atoms with van der Waals surface area (Å²) >= 11 is 3.44. The average molecular weight is 229 g/mol. The van der Waals surface area contributed by atoms with Gasteiger partial charge in [-0.1, -0.05) is 33.7 Å². The highest BCUT2D eigenvalue weighted by atomic mass is 79.9. The molecule has 1 rings (SSSR count). The van der Waals surface area contributed by atoms with Crippen molar-refractivity contribution in [2.45, 2.75) is 39.0 Å². The first-order valence-corrected chi connectivity index (χ1v) is 5.89. The summed E-state index contributed by atoms with van der Waals surface area (Å²) in [4.78, 5) is 0. The monoisotopic (exact) mass is 228 g/mol. The molecule has 12 heavy (non-hydrogen) atoms. The van der Waals surface area contributed by atoms with Crippen molar-refractivity contribution in [3.63, 3.8) is 0 Å². The van der Waals surface area contributed by atoms with E-state index in [0.717, 1.165) is 11.8 Å². The van der Waals surface area contributed by atoms with Crippen LogP contribution < -0.4 is 0 Å². The first-order chi connectivity index (χ1) is 5.84. The van der Waals surface area contributed by atoms with Gasteiger partial charge in [0.25, 0.3) is 0 Å². The summed E-state index contributed by atoms with van der Waals surface area (Å²) in [5.41, 5.74) is 3.08. The van der Waals surface area contributed by atoms with E-state index in [9.17, 15) is 0 Å². The van der Waals surface area contributed by atoms with E-state index in [1.165, 1.54) is 31.3 Å². The Bertz CT molecular complexity index is 189. The van der Waals surface area contributed by atoms with Crippen LogP contribution in [0.3, 0.4) is 0 Å². The van der Waals surface area contributed by atoms with Crippen LogP contribution in [0.2, 0.25) is 0 Å². The minimum Gasteiger partial charge on any atom is -0.0925 e. The standard InChI is InChI=1S/C11H17Br/c1-10(6-5-9-12)11-7-3-2-4-8-11/h6-7H,2-5,8-9H2,1H3. The maximum absolute atomic E-state index is 3.44. The summed E-state index contributed by atoms with van der Waals surface area (Å²) in [6, 6.07) is 0. The fourth-order valence-corrected chi connectivity index (χ4v) is 1.83. The molecule has 0 bridgehead atoms. The largest absolute Gasteiger partial charge is 0.0925 e. The Kier molecular flexibility index (Phi) is 4.67. The molecular weight excluding hydrogens is 212 g/mol. The Balaban J connectivity index is 2.49. The van der Waals surface area contributed by atoms with E-state index < -0.39 is 0 Å². The number of hydrogen-bond acceptors (Lipinski definition) is 0. The van der Waals surface area contributed by atoms with Crippen molar-refractivity contribution in [3.05, 3.63) is 23.3 Å². The molecule has 0 nitrogen and oxygen atoms in total. The van der Waals surface area contributed by atoms with Crippen LogP contribution in [0, 0.1) is 0 Å². The summed E-state index contributed by atoms with van der Waals surface area (Å²) in [5, 5.41) is 1.08. The molecule has 68 valence electrons. The Morgan fingerprint density at radius 3 is 3.00 bits per heavy atom. The van der Waals surface area contributed by atoms with Crippen molar-refractivity contribution in [2.24, 2.45) is 0 Å². The number of hydrogen-bond donors (Lipinski definition) is 0. The highest BCUT2D eigenvalue weighted by Crippen LogP contribution is 2.23. The zero-order valence-electron chi connectivity index (χ0n) is 7.78. The Morgan fingerprint density at radius 2 is 2.42 bits per heavy atom. The lowest BCUT2D eigenvalue weighted by Gasteiger charge is -2.12. The Labute approximate surface area is 83.9 Å². The maximum Gasteiger partial charge on any atom is 0.00661 e. The van der Waals surface area contributed by atoms with E-state index >= 15 is 0 Å². The lowest BCUT2D eigenvalue weighted by atomic mass is 9.94. The van der Waals surface area contributed by atoms with Crippen molar-refractivity contribution < 1.29 is 0 Å². The van der Waals surface area contributed by atoms with Crippen LogP contribution >= 0.6 is 15.9 Å². The van der Waals surface area contributed by atoms with Crippen molar-refractivity contribution in [1.82, 2.24) is 0 Å². The summed E-state index contributed by atoms with van der Waals surface area (Å²) in [6.07, 6.45) is 11.2. The Hall–Kier alpha value is -0.0400. The molecule has 0 aromatic carbocycles. The molecule has 0 unspecified atom stereocenters. The normalized spacial score (nSPS) is 19.2. The zero-order chi connectivity index (χ0) is 8.81. The quantitative estimate of drug-likeness (QED) is 0.635. The first kappa shape index (κ1) is 10.0. The van der Waals surface area contributed by atoms with Gasteiger partial charge in [0.05, 0.1) is 0 Å². The topological polar surface area (TPSA) is 0 Å². The van der Waals surface area contributed by atoms with Gasteiger partial charge in [0.15, 0.2) is 0 Å². The second-order valence-electron chi connectivity index (χ2n) is 3.34. The first-order valence-electron chi connectivity index (χ1n) is 4.76. The van der Waals surface area contributed by atoms with Gasteiger partial charge in [0.1, 0.15) is 0 Å². The molecule has 0 fully saturated rings. The van der Waals surface area contributed by atoms with Crippen molar-refractivity contribution in [2.75, 3.05) is 5.33 Å². The third kappa shape index (κ3) is 3.14. The SMILES string of the molecule is CC(=CCCBr)C1=CCCCC1. The summed E-state index contributed by atoms with van der Waals surface area (Å²) in [7, 11) is 0. The van der Waals surface area contributed by atoms with E-state index in [-0.39, 0.29) is 0 Å². The van der Waals surface area contributed by atoms with E-state index in [1.807, 2.05) is 0 Å². The van der Waals surface area contributed by atoms with E-state index in [1.54, 1.807) is 5.57 Å². The fraction of sp³-hybridized carbons (Fsp3) is 0.636. The third-order valence-corrected chi connectivity index (χ3v) is 2.81. The lowest BCUT2D eigenvalue weighted by Crippen LogP contribution is -1.93. The van der Waals surface area contributed by atoms with Gasteiger partial charge in [-0.2, -0.15) is 0 Å². The molecule has 0 heterocycles. The molecule has 0 aliphatic heterocycles. The molecule has 0 saturated heterocycles. The molecule has 0 N–H and O–H groups in total. The van der Waals surface area contributed by atoms with Gasteiger partial charge in [-0.25, -0.2) is 0 Å². The fourth-order valence-electron chi connectivity index (χ4n) is 1.60. The second kappa shape index (κ2) is 5.58. The number of alkyl halides is 1. The molecule has 0 atom stereocenters. The number of allylic oxidation sites excluding steroid dienone is 4. The van der Waals surface area contributed by atoms with Gasteiger partial charge in [0, 0.05) is 5.33 Å². The van der Waals surface area contributed by atoms with Crippen molar-refractivity contribution in [1.29, 1.82) is 0 Å². The molecule has 0 aromatic rings. The van der Waals surface area contributed by atoms with Gasteiger partial charge in [-0.05, 0) is 44.6 Å². The minimum absolute atomic E-state index is 1.08. The molecule has 1 aliphatic rings. The van der Waals surface area contributed by atoms with Crippen LogP contribution in [0.1, 0.15) is 39.0 Å². The lowest BCUT2D eigenvalue weighted by molar-refractivity contribution is 0.705. The highest BCUT2D eigenvalue weighted by Gasteiger charge is 2.03. The summed E-state index contributed by atoms with van der Waals surface area (Å²) < 4.78 is 0. The smallest absolute Gasteiger partial charge is 0.00661 e. The van der Waals surface area contributed by atoms with Crippen LogP contribution in [-0.4, -0.2) is 5.33 Å². The second-order valence-corrected chi connectivity index (χ2v) is 4.13. The molecule has 1 heteroatoms. The van der Waals surface area contributed by atoms with Gasteiger partial charge >= 0.3 is 0 Å². The predicted octanol–water partition coefficient (Wildman–Crippen LogP) is 4.22. The van der Waals surface area contributed by atoms with E-state index in [0.29, 0.717) is 0 Å². The van der Waals surface area contributed by atoms with Crippen LogP contribution in [0.5, 0.6) is 0 Å². The number of rotatable bonds is 3. The van der Waals surface area contributed by atoms with Gasteiger partial charge < -0.3 is 0 Å². The van der Waals surface area contributed by atoms with Crippen LogP contribution in [0.15, 0.2) is 23.3 Å². The Morgan fingerprint density at radius 1 is 1.58 bits per heavy atom. The molecule has 0 spiro atoms. The number of halogens is 1. The van der Waals surface area contributed by atoms with Crippen LogP contribution in [-0.2, 0) is 0 Å². The highest BCUT2D eigenvalue weighted by molar-refractivity contribution is 9.09. The maximum atomic E-state index is 3.44. The minimum atomic E-state index is 1.08. The van der Waals surface area contributed by atoms with Crippen molar-refractivity contribution >= 4 is 15.9 Å². The van der Waals surface area contributed by atoms with E-state index in [4.69, 9.17) is 0 Å². The summed E-state index contributed by atoms with van der Waals surface area (Å²) in [6.45, 7) is 2.24. The summed E-state index contributed by atoms with van der Waals surface area (Å²) in [5.74, 6) is 0. The zero-order valence-corrected chi connectivity index (χ0v) is 9.36. The van der Waals surface area contributed by atoms with E-state index in [2.05, 4.69) is 35.0 Å². The average Bonchev–Trinajstić information content (AvgIpc) is 2.15. The molecule has 0 amide bonds. The molecule has 0 radical (unpaired) electrons. The van der Waals surface area contributed by atoms with Crippen LogP contribution in [0.4, 0.5) is 0 Å². The van der Waals surface area contributed by atoms with Crippen LogP contribution in [0.25, 0.3) is 0 Å². The molecule has 1 aliphatic carbocycles.